The first-order valence-electron chi connectivity index (χ1n) is 8.53. The average molecular weight is 394 g/mol. The number of benzene rings is 1. The number of H-pyrrole nitrogens is 1. The van der Waals surface area contributed by atoms with E-state index in [0.717, 1.165) is 0 Å². The third-order valence-electron chi connectivity index (χ3n) is 4.15. The Morgan fingerprint density at radius 2 is 1.89 bits per heavy atom. The number of carbonyl (C=O) groups excluding carboxylic acids is 2. The number of aromatic amines is 1. The predicted molar refractivity (Wildman–Crippen MR) is 97.8 cm³/mol. The van der Waals surface area contributed by atoms with E-state index >= 15 is 0 Å². The minimum Gasteiger partial charge on any atom is -0.486 e. The number of aromatic nitrogens is 1. The Kier molecular flexibility index (Phi) is 5.60. The lowest BCUT2D eigenvalue weighted by Crippen LogP contribution is -2.16. The average Bonchev–Trinajstić information content (AvgIpc) is 2.94. The first-order chi connectivity index (χ1) is 12.9. The highest BCUT2D eigenvalue weighted by atomic mass is 35.5. The molecule has 0 aliphatic carbocycles. The van der Waals surface area contributed by atoms with Gasteiger partial charge in [0.1, 0.15) is 25.5 Å². The molecule has 1 aliphatic heterocycles. The quantitative estimate of drug-likeness (QED) is 0.781. The molecule has 0 saturated carbocycles. The van der Waals surface area contributed by atoms with Gasteiger partial charge < -0.3 is 23.9 Å². The van der Waals surface area contributed by atoms with Crippen molar-refractivity contribution < 1.29 is 28.5 Å². The Morgan fingerprint density at radius 3 is 2.63 bits per heavy atom. The lowest BCUT2D eigenvalue weighted by Gasteiger charge is -2.20. The Bertz CT molecular complexity index is 889. The van der Waals surface area contributed by atoms with Crippen LogP contribution < -0.4 is 9.47 Å². The van der Waals surface area contributed by atoms with E-state index in [4.69, 9.17) is 30.5 Å². The molecule has 0 fully saturated rings. The van der Waals surface area contributed by atoms with Crippen LogP contribution in [0.15, 0.2) is 12.1 Å². The highest BCUT2D eigenvalue weighted by Gasteiger charge is 2.24. The number of hydrogen-bond acceptors (Lipinski definition) is 6. The summed E-state index contributed by atoms with van der Waals surface area (Å²) in [4.78, 5) is 27.4. The van der Waals surface area contributed by atoms with Crippen LogP contribution in [0.4, 0.5) is 0 Å². The Balaban J connectivity index is 1.75. The summed E-state index contributed by atoms with van der Waals surface area (Å²) in [5.74, 6) is -0.0219. The van der Waals surface area contributed by atoms with Crippen LogP contribution in [0, 0.1) is 13.8 Å². The second-order valence-corrected chi connectivity index (χ2v) is 6.43. The normalized spacial score (nSPS) is 12.6. The van der Waals surface area contributed by atoms with Crippen molar-refractivity contribution in [1.82, 2.24) is 4.98 Å². The fourth-order valence-electron chi connectivity index (χ4n) is 2.93. The molecule has 0 atom stereocenters. The third kappa shape index (κ3) is 3.88. The number of rotatable bonds is 5. The first kappa shape index (κ1) is 19.1. The van der Waals surface area contributed by atoms with E-state index < -0.39 is 11.9 Å². The summed E-state index contributed by atoms with van der Waals surface area (Å²) in [6.45, 7) is 6.23. The van der Waals surface area contributed by atoms with Gasteiger partial charge in [0.2, 0.25) is 0 Å². The smallest absolute Gasteiger partial charge is 0.355 e. The Hall–Kier alpha value is -2.67. The summed E-state index contributed by atoms with van der Waals surface area (Å²) in [7, 11) is 0. The van der Waals surface area contributed by atoms with Crippen LogP contribution in [0.2, 0.25) is 5.02 Å². The summed E-state index contributed by atoms with van der Waals surface area (Å²) < 4.78 is 21.4. The topological polar surface area (TPSA) is 86.9 Å². The third-order valence-corrected chi connectivity index (χ3v) is 4.43. The van der Waals surface area contributed by atoms with Crippen molar-refractivity contribution in [2.24, 2.45) is 0 Å². The molecule has 7 nitrogen and oxygen atoms in total. The summed E-state index contributed by atoms with van der Waals surface area (Å²) in [6.07, 6.45) is 0. The van der Waals surface area contributed by atoms with Crippen LogP contribution in [0.25, 0.3) is 0 Å². The van der Waals surface area contributed by atoms with Crippen molar-refractivity contribution in [3.8, 4) is 11.5 Å². The molecule has 0 spiro atoms. The summed E-state index contributed by atoms with van der Waals surface area (Å²) >= 11 is 6.20. The standard InChI is InChI=1S/C19H20ClNO6/c1-4-24-19(23)16-10(2)15(11(3)21-16)18(22)27-9-12-7-13(20)17-14(8-12)25-5-6-26-17/h7-8,21H,4-6,9H2,1-3H3. The maximum Gasteiger partial charge on any atom is 0.355 e. The molecule has 2 aromatic rings. The van der Waals surface area contributed by atoms with Crippen molar-refractivity contribution in [1.29, 1.82) is 0 Å². The van der Waals surface area contributed by atoms with Gasteiger partial charge in [-0.15, -0.1) is 0 Å². The molecule has 27 heavy (non-hydrogen) atoms. The molecule has 0 saturated heterocycles. The zero-order chi connectivity index (χ0) is 19.6. The summed E-state index contributed by atoms with van der Waals surface area (Å²) in [5.41, 5.74) is 2.29. The van der Waals surface area contributed by atoms with Gasteiger partial charge in [0.15, 0.2) is 11.5 Å². The van der Waals surface area contributed by atoms with Gasteiger partial charge in [0.25, 0.3) is 0 Å². The van der Waals surface area contributed by atoms with Crippen LogP contribution in [0.3, 0.4) is 0 Å². The van der Waals surface area contributed by atoms with Crippen molar-refractivity contribution in [2.45, 2.75) is 27.4 Å². The summed E-state index contributed by atoms with van der Waals surface area (Å²) in [6, 6.07) is 3.40. The van der Waals surface area contributed by atoms with Crippen LogP contribution in [-0.2, 0) is 16.1 Å². The molecule has 1 aliphatic rings. The minimum atomic E-state index is -0.539. The molecule has 1 N–H and O–H groups in total. The van der Waals surface area contributed by atoms with Gasteiger partial charge in [-0.2, -0.15) is 0 Å². The number of nitrogens with one attached hydrogen (secondary N) is 1. The van der Waals surface area contributed by atoms with E-state index in [2.05, 4.69) is 4.98 Å². The van der Waals surface area contributed by atoms with Crippen molar-refractivity contribution in [3.63, 3.8) is 0 Å². The van der Waals surface area contributed by atoms with Gasteiger partial charge in [0, 0.05) is 5.69 Å². The monoisotopic (exact) mass is 393 g/mol. The number of ether oxygens (including phenoxy) is 4. The molecule has 0 bridgehead atoms. The van der Waals surface area contributed by atoms with E-state index in [9.17, 15) is 9.59 Å². The zero-order valence-electron chi connectivity index (χ0n) is 15.3. The van der Waals surface area contributed by atoms with Gasteiger partial charge in [-0.3, -0.25) is 0 Å². The van der Waals surface area contributed by atoms with Gasteiger partial charge in [-0.05, 0) is 44.0 Å². The van der Waals surface area contributed by atoms with Crippen LogP contribution in [-0.4, -0.2) is 36.7 Å². The van der Waals surface area contributed by atoms with Gasteiger partial charge >= 0.3 is 11.9 Å². The molecule has 3 rings (SSSR count). The number of aryl methyl sites for hydroxylation is 1. The fourth-order valence-corrected chi connectivity index (χ4v) is 3.22. The maximum atomic E-state index is 12.5. The van der Waals surface area contributed by atoms with Crippen LogP contribution in [0.1, 0.15) is 44.6 Å². The minimum absolute atomic E-state index is 0.00793. The number of esters is 2. The number of carbonyl (C=O) groups is 2. The molecule has 0 radical (unpaired) electrons. The molecule has 2 heterocycles. The van der Waals surface area contributed by atoms with Crippen molar-refractivity contribution in [3.05, 3.63) is 45.2 Å². The molecule has 0 amide bonds. The van der Waals surface area contributed by atoms with Crippen molar-refractivity contribution >= 4 is 23.5 Å². The SMILES string of the molecule is CCOC(=O)c1[nH]c(C)c(C(=O)OCc2cc(Cl)c3c(c2)OCCO3)c1C. The van der Waals surface area contributed by atoms with Gasteiger partial charge in [-0.1, -0.05) is 11.6 Å². The second kappa shape index (κ2) is 7.92. The van der Waals surface area contributed by atoms with E-state index in [1.165, 1.54) is 0 Å². The lowest BCUT2D eigenvalue weighted by atomic mass is 10.1. The Labute approximate surface area is 161 Å². The van der Waals surface area contributed by atoms with Crippen molar-refractivity contribution in [2.75, 3.05) is 19.8 Å². The van der Waals surface area contributed by atoms with E-state index in [1.807, 2.05) is 0 Å². The largest absolute Gasteiger partial charge is 0.486 e. The number of halogens is 1. The molecule has 8 heteroatoms. The number of fused-ring (bicyclic) bond motifs is 1. The lowest BCUT2D eigenvalue weighted by molar-refractivity contribution is 0.0470. The predicted octanol–water partition coefficient (Wildman–Crippen LogP) is 3.59. The van der Waals surface area contributed by atoms with E-state index in [-0.39, 0.29) is 18.9 Å². The van der Waals surface area contributed by atoms with Gasteiger partial charge in [-0.25, -0.2) is 9.59 Å². The van der Waals surface area contributed by atoms with E-state index in [1.54, 1.807) is 32.9 Å². The molecule has 144 valence electrons. The fraction of sp³-hybridized carbons (Fsp3) is 0.368. The van der Waals surface area contributed by atoms with Gasteiger partial charge in [0.05, 0.1) is 17.2 Å². The highest BCUT2D eigenvalue weighted by molar-refractivity contribution is 6.32. The van der Waals surface area contributed by atoms with Crippen LogP contribution in [0.5, 0.6) is 11.5 Å². The second-order valence-electron chi connectivity index (χ2n) is 6.02. The molecular weight excluding hydrogens is 374 g/mol. The maximum absolute atomic E-state index is 12.5. The zero-order valence-corrected chi connectivity index (χ0v) is 16.1. The highest BCUT2D eigenvalue weighted by Crippen LogP contribution is 2.38. The molecular formula is C19H20ClNO6. The molecule has 1 aromatic heterocycles. The van der Waals surface area contributed by atoms with E-state index in [0.29, 0.717) is 52.1 Å². The number of hydrogen-bond donors (Lipinski definition) is 1. The first-order valence-corrected chi connectivity index (χ1v) is 8.91. The van der Waals surface area contributed by atoms with Crippen LogP contribution >= 0.6 is 11.6 Å². The molecule has 0 unspecified atom stereocenters. The Morgan fingerprint density at radius 1 is 1.15 bits per heavy atom. The molecule has 1 aromatic carbocycles. The summed E-state index contributed by atoms with van der Waals surface area (Å²) in [5, 5.41) is 0.400.